The van der Waals surface area contributed by atoms with E-state index in [4.69, 9.17) is 4.84 Å². The molecule has 2 saturated heterocycles. The maximum absolute atomic E-state index is 11.9. The lowest BCUT2D eigenvalue weighted by Crippen LogP contribution is -2.51. The molecule has 0 saturated carbocycles. The summed E-state index contributed by atoms with van der Waals surface area (Å²) in [4.78, 5) is 21.1. The highest BCUT2D eigenvalue weighted by Crippen LogP contribution is 2.34. The van der Waals surface area contributed by atoms with E-state index in [0.29, 0.717) is 17.8 Å². The first-order valence-electron chi connectivity index (χ1n) is 9.15. The molecule has 26 heavy (non-hydrogen) atoms. The van der Waals surface area contributed by atoms with Crippen LogP contribution < -0.4 is 5.32 Å². The second kappa shape index (κ2) is 8.01. The number of benzene rings is 1. The Morgan fingerprint density at radius 3 is 2.62 bits per heavy atom. The highest BCUT2D eigenvalue weighted by atomic mass is 32.1. The smallest absolute Gasteiger partial charge is 0.298 e. The third-order valence-electron chi connectivity index (χ3n) is 5.15. The fraction of sp³-hybridized carbons (Fsp3) is 0.400. The molecule has 0 aliphatic carbocycles. The monoisotopic (exact) mass is 369 g/mol. The molecule has 2 fully saturated rings. The van der Waals surface area contributed by atoms with E-state index in [1.165, 1.54) is 24.1 Å². The molecule has 0 radical (unpaired) electrons. The zero-order valence-corrected chi connectivity index (χ0v) is 15.5. The Kier molecular flexibility index (Phi) is 5.32. The Labute approximate surface area is 157 Å². The Hall–Kier alpha value is -2.18. The van der Waals surface area contributed by atoms with E-state index in [0.717, 1.165) is 25.1 Å². The SMILES string of the molecule is O=C(Nc1ccccc1)ON=C1C[C@H]2CCC[C@@H](C1)N2Cc1cccs1. The van der Waals surface area contributed by atoms with Gasteiger partial charge in [-0.15, -0.1) is 11.3 Å². The minimum absolute atomic E-state index is 0.504. The summed E-state index contributed by atoms with van der Waals surface area (Å²) in [5, 5.41) is 9.01. The first kappa shape index (κ1) is 17.2. The van der Waals surface area contributed by atoms with Crippen molar-refractivity contribution in [1.82, 2.24) is 4.90 Å². The first-order valence-corrected chi connectivity index (χ1v) is 10.0. The zero-order chi connectivity index (χ0) is 17.8. The van der Waals surface area contributed by atoms with E-state index in [2.05, 4.69) is 32.9 Å². The quantitative estimate of drug-likeness (QED) is 0.618. The normalized spacial score (nSPS) is 24.4. The topological polar surface area (TPSA) is 53.9 Å². The molecule has 3 heterocycles. The molecular formula is C20H23N3O2S. The largest absolute Gasteiger partial charge is 0.437 e. The minimum atomic E-state index is -0.533. The van der Waals surface area contributed by atoms with Gasteiger partial charge in [-0.05, 0) is 36.4 Å². The van der Waals surface area contributed by atoms with Gasteiger partial charge in [0.05, 0.1) is 5.71 Å². The molecule has 5 nitrogen and oxygen atoms in total. The number of nitrogens with zero attached hydrogens (tertiary/aromatic N) is 2. The van der Waals surface area contributed by atoms with Crippen molar-refractivity contribution in [2.75, 3.05) is 5.32 Å². The number of hydrogen-bond donors (Lipinski definition) is 1. The van der Waals surface area contributed by atoms with Crippen molar-refractivity contribution in [2.24, 2.45) is 5.16 Å². The third-order valence-corrected chi connectivity index (χ3v) is 6.01. The molecule has 4 rings (SSSR count). The van der Waals surface area contributed by atoms with Crippen LogP contribution in [-0.2, 0) is 11.4 Å². The lowest BCUT2D eigenvalue weighted by atomic mass is 9.83. The number of amides is 1. The van der Waals surface area contributed by atoms with Crippen molar-refractivity contribution in [3.05, 3.63) is 52.7 Å². The molecule has 0 spiro atoms. The Morgan fingerprint density at radius 1 is 1.15 bits per heavy atom. The molecule has 1 N–H and O–H groups in total. The van der Waals surface area contributed by atoms with E-state index in [1.807, 2.05) is 41.7 Å². The second-order valence-electron chi connectivity index (χ2n) is 6.93. The molecule has 0 unspecified atom stereocenters. The fourth-order valence-corrected chi connectivity index (χ4v) is 4.68. The molecule has 136 valence electrons. The van der Waals surface area contributed by atoms with Crippen LogP contribution in [0.1, 0.15) is 37.0 Å². The predicted octanol–water partition coefficient (Wildman–Crippen LogP) is 4.87. The van der Waals surface area contributed by atoms with Gasteiger partial charge in [-0.3, -0.25) is 15.1 Å². The summed E-state index contributed by atoms with van der Waals surface area (Å²) >= 11 is 1.82. The number of carbonyl (C=O) groups is 1. The molecule has 1 aromatic heterocycles. The zero-order valence-electron chi connectivity index (χ0n) is 14.6. The van der Waals surface area contributed by atoms with E-state index in [1.54, 1.807) is 0 Å². The van der Waals surface area contributed by atoms with Crippen LogP contribution in [-0.4, -0.2) is 28.8 Å². The highest BCUT2D eigenvalue weighted by Gasteiger charge is 2.37. The van der Waals surface area contributed by atoms with E-state index < -0.39 is 6.09 Å². The molecule has 2 bridgehead atoms. The fourth-order valence-electron chi connectivity index (χ4n) is 3.97. The van der Waals surface area contributed by atoms with Gasteiger partial charge in [0.1, 0.15) is 0 Å². The summed E-state index contributed by atoms with van der Waals surface area (Å²) < 4.78 is 0. The van der Waals surface area contributed by atoms with Crippen molar-refractivity contribution in [2.45, 2.75) is 50.7 Å². The van der Waals surface area contributed by atoms with Crippen molar-refractivity contribution in [3.8, 4) is 0 Å². The average Bonchev–Trinajstić information content (AvgIpc) is 3.14. The number of rotatable bonds is 4. The first-order chi connectivity index (χ1) is 12.8. The second-order valence-corrected chi connectivity index (χ2v) is 7.96. The number of oxime groups is 1. The highest BCUT2D eigenvalue weighted by molar-refractivity contribution is 7.09. The van der Waals surface area contributed by atoms with Gasteiger partial charge in [0.15, 0.2) is 0 Å². The molecular weight excluding hydrogens is 346 g/mol. The molecule has 2 aromatic rings. The van der Waals surface area contributed by atoms with Gasteiger partial charge in [-0.2, -0.15) is 0 Å². The summed E-state index contributed by atoms with van der Waals surface area (Å²) in [6.45, 7) is 1.02. The molecule has 2 aliphatic heterocycles. The van der Waals surface area contributed by atoms with Gasteiger partial charge in [-0.1, -0.05) is 35.8 Å². The molecule has 6 heteroatoms. The maximum Gasteiger partial charge on any atom is 0.437 e. The summed E-state index contributed by atoms with van der Waals surface area (Å²) in [5.74, 6) is 0. The lowest BCUT2D eigenvalue weighted by Gasteiger charge is -2.46. The van der Waals surface area contributed by atoms with Crippen molar-refractivity contribution in [1.29, 1.82) is 0 Å². The summed E-state index contributed by atoms with van der Waals surface area (Å²) in [6.07, 6.45) is 4.91. The van der Waals surface area contributed by atoms with Gasteiger partial charge in [0.25, 0.3) is 0 Å². The van der Waals surface area contributed by atoms with Crippen LogP contribution in [0.4, 0.5) is 10.5 Å². The summed E-state index contributed by atoms with van der Waals surface area (Å²) in [5.41, 5.74) is 1.71. The predicted molar refractivity (Wildman–Crippen MR) is 105 cm³/mol. The van der Waals surface area contributed by atoms with Crippen molar-refractivity contribution >= 4 is 28.8 Å². The molecule has 2 atom stereocenters. The van der Waals surface area contributed by atoms with E-state index >= 15 is 0 Å². The van der Waals surface area contributed by atoms with Crippen molar-refractivity contribution < 1.29 is 9.63 Å². The number of fused-ring (bicyclic) bond motifs is 2. The number of piperidine rings is 2. The van der Waals surface area contributed by atoms with E-state index in [9.17, 15) is 4.79 Å². The van der Waals surface area contributed by atoms with Crippen LogP contribution in [0.2, 0.25) is 0 Å². The molecule has 1 amide bonds. The minimum Gasteiger partial charge on any atom is -0.298 e. The van der Waals surface area contributed by atoms with Gasteiger partial charge in [-0.25, -0.2) is 4.79 Å². The number of nitrogens with one attached hydrogen (secondary N) is 1. The number of para-hydroxylation sites is 1. The number of thiophene rings is 1. The van der Waals surface area contributed by atoms with Gasteiger partial charge < -0.3 is 0 Å². The lowest BCUT2D eigenvalue weighted by molar-refractivity contribution is 0.0673. The Morgan fingerprint density at radius 2 is 1.92 bits per heavy atom. The van der Waals surface area contributed by atoms with Crippen LogP contribution >= 0.6 is 11.3 Å². The summed E-state index contributed by atoms with van der Waals surface area (Å²) in [6, 6.07) is 14.6. The van der Waals surface area contributed by atoms with Crippen LogP contribution in [0.25, 0.3) is 0 Å². The van der Waals surface area contributed by atoms with Gasteiger partial charge in [0.2, 0.25) is 0 Å². The van der Waals surface area contributed by atoms with E-state index in [-0.39, 0.29) is 0 Å². The van der Waals surface area contributed by atoms with Crippen LogP contribution in [0.15, 0.2) is 53.0 Å². The van der Waals surface area contributed by atoms with Gasteiger partial charge in [0, 0.05) is 42.0 Å². The van der Waals surface area contributed by atoms with Crippen LogP contribution in [0.3, 0.4) is 0 Å². The third kappa shape index (κ3) is 4.14. The Balaban J connectivity index is 1.36. The number of hydrogen-bond acceptors (Lipinski definition) is 5. The number of carbonyl (C=O) groups excluding carboxylic acids is 1. The summed E-state index contributed by atoms with van der Waals surface area (Å²) in [7, 11) is 0. The molecule has 1 aromatic carbocycles. The Bertz CT molecular complexity index is 745. The van der Waals surface area contributed by atoms with Crippen molar-refractivity contribution in [3.63, 3.8) is 0 Å². The average molecular weight is 369 g/mol. The number of anilines is 1. The standard InChI is InChI=1S/C20H23N3O2S/c24-20(21-15-6-2-1-3-7-15)25-22-16-12-17-8-4-9-18(13-16)23(17)14-19-10-5-11-26-19/h1-3,5-7,10-11,17-18H,4,8-9,12-14H2,(H,21,24)/t17-,18+. The molecule has 2 aliphatic rings. The van der Waals surface area contributed by atoms with Crippen LogP contribution in [0.5, 0.6) is 0 Å². The van der Waals surface area contributed by atoms with Crippen LogP contribution in [0, 0.1) is 0 Å². The maximum atomic E-state index is 11.9. The van der Waals surface area contributed by atoms with Gasteiger partial charge >= 0.3 is 6.09 Å².